The molecule has 1 aromatic heterocycles. The van der Waals surface area contributed by atoms with E-state index in [4.69, 9.17) is 4.74 Å². The number of nitrogens with zero attached hydrogens (tertiary/aromatic N) is 2. The number of aryl methyl sites for hydroxylation is 1. The summed E-state index contributed by atoms with van der Waals surface area (Å²) in [5.41, 5.74) is 5.27. The van der Waals surface area contributed by atoms with E-state index in [1.54, 1.807) is 0 Å². The molecule has 0 radical (unpaired) electrons. The molecule has 5 heteroatoms. The number of aromatic nitrogens is 1. The Bertz CT molecular complexity index is 1060. The molecule has 3 aromatic rings. The number of likely N-dealkylation sites (N-methyl/N-ethyl adjacent to an activating group) is 1. The van der Waals surface area contributed by atoms with Gasteiger partial charge in [-0.05, 0) is 48.6 Å². The molecule has 0 bridgehead atoms. The van der Waals surface area contributed by atoms with Gasteiger partial charge >= 0.3 is 6.09 Å². The molecule has 5 nitrogen and oxygen atoms in total. The minimum atomic E-state index is -0.334. The van der Waals surface area contributed by atoms with Gasteiger partial charge in [0, 0.05) is 49.2 Å². The summed E-state index contributed by atoms with van der Waals surface area (Å²) in [6.45, 7) is 1.96. The zero-order valence-electron chi connectivity index (χ0n) is 17.7. The maximum atomic E-state index is 12.2. The van der Waals surface area contributed by atoms with E-state index >= 15 is 0 Å². The number of ether oxygens (including phenoxy) is 1. The minimum absolute atomic E-state index is 0.306. The summed E-state index contributed by atoms with van der Waals surface area (Å²) in [6, 6.07) is 17.0. The average Bonchev–Trinajstić information content (AvgIpc) is 3.09. The Labute approximate surface area is 177 Å². The van der Waals surface area contributed by atoms with Crippen molar-refractivity contribution in [3.05, 3.63) is 71.4 Å². The van der Waals surface area contributed by atoms with Gasteiger partial charge in [-0.2, -0.15) is 0 Å². The van der Waals surface area contributed by atoms with Crippen molar-refractivity contribution in [3.8, 4) is 0 Å². The number of carbonyl (C=O) groups is 1. The van der Waals surface area contributed by atoms with E-state index in [2.05, 4.69) is 53.3 Å². The van der Waals surface area contributed by atoms with E-state index in [1.165, 1.54) is 22.0 Å². The van der Waals surface area contributed by atoms with Crippen molar-refractivity contribution in [2.75, 3.05) is 20.1 Å². The third kappa shape index (κ3) is 3.47. The molecule has 1 aliphatic carbocycles. The van der Waals surface area contributed by atoms with Crippen molar-refractivity contribution in [1.82, 2.24) is 14.8 Å². The molecule has 1 N–H and O–H groups in total. The summed E-state index contributed by atoms with van der Waals surface area (Å²) in [5.74, 6) is 0.926. The van der Waals surface area contributed by atoms with E-state index in [9.17, 15) is 4.79 Å². The topological polar surface area (TPSA) is 46.5 Å². The third-order valence-electron chi connectivity index (χ3n) is 6.87. The first kappa shape index (κ1) is 19.2. The van der Waals surface area contributed by atoms with Crippen LogP contribution < -0.4 is 5.32 Å². The van der Waals surface area contributed by atoms with Crippen LogP contribution >= 0.6 is 0 Å². The second-order valence-electron chi connectivity index (χ2n) is 8.87. The van der Waals surface area contributed by atoms with E-state index < -0.39 is 0 Å². The first-order chi connectivity index (χ1) is 14.6. The molecule has 2 heterocycles. The number of rotatable bonds is 4. The number of carbonyl (C=O) groups excluding carboxylic acids is 1. The molecule has 30 heavy (non-hydrogen) atoms. The molecule has 2 aromatic carbocycles. The monoisotopic (exact) mass is 403 g/mol. The molecule has 1 aliphatic heterocycles. The summed E-state index contributed by atoms with van der Waals surface area (Å²) in [5, 5.41) is 4.44. The second-order valence-corrected chi connectivity index (χ2v) is 8.87. The predicted molar refractivity (Wildman–Crippen MR) is 119 cm³/mol. The van der Waals surface area contributed by atoms with Crippen LogP contribution in [0.1, 0.15) is 29.0 Å². The van der Waals surface area contributed by atoms with E-state index in [0.29, 0.717) is 31.0 Å². The number of fused-ring (bicyclic) bond motifs is 2. The first-order valence-corrected chi connectivity index (χ1v) is 10.8. The van der Waals surface area contributed by atoms with E-state index in [1.807, 2.05) is 30.3 Å². The van der Waals surface area contributed by atoms with Crippen molar-refractivity contribution >= 4 is 17.0 Å². The molecule has 3 atom stereocenters. The Morgan fingerprint density at radius 3 is 2.80 bits per heavy atom. The number of nitrogens with one attached hydrogen (secondary N) is 1. The molecule has 1 amide bonds. The first-order valence-electron chi connectivity index (χ1n) is 10.8. The van der Waals surface area contributed by atoms with E-state index in [-0.39, 0.29) is 6.09 Å². The summed E-state index contributed by atoms with van der Waals surface area (Å²) in [7, 11) is 4.37. The van der Waals surface area contributed by atoms with Gasteiger partial charge in [-0.1, -0.05) is 42.5 Å². The Kier molecular flexibility index (Phi) is 4.99. The van der Waals surface area contributed by atoms with Crippen LogP contribution in [0.15, 0.2) is 54.7 Å². The number of hydrogen-bond donors (Lipinski definition) is 1. The lowest BCUT2D eigenvalue weighted by Crippen LogP contribution is -2.50. The number of piperidine rings is 1. The summed E-state index contributed by atoms with van der Waals surface area (Å²) in [4.78, 5) is 14.7. The lowest BCUT2D eigenvalue weighted by Gasteiger charge is -2.45. The summed E-state index contributed by atoms with van der Waals surface area (Å²) in [6.07, 6.45) is 4.17. The third-order valence-corrected chi connectivity index (χ3v) is 6.87. The van der Waals surface area contributed by atoms with Crippen molar-refractivity contribution in [3.63, 3.8) is 0 Å². The van der Waals surface area contributed by atoms with Crippen molar-refractivity contribution in [2.24, 2.45) is 13.0 Å². The van der Waals surface area contributed by atoms with Crippen LogP contribution in [0.4, 0.5) is 4.79 Å². The van der Waals surface area contributed by atoms with Crippen LogP contribution in [0.3, 0.4) is 0 Å². The Morgan fingerprint density at radius 1 is 1.13 bits per heavy atom. The fourth-order valence-corrected chi connectivity index (χ4v) is 5.48. The molecule has 5 rings (SSSR count). The fraction of sp³-hybridized carbons (Fsp3) is 0.400. The van der Waals surface area contributed by atoms with Crippen molar-refractivity contribution in [1.29, 1.82) is 0 Å². The Balaban J connectivity index is 1.25. The van der Waals surface area contributed by atoms with Crippen molar-refractivity contribution in [2.45, 2.75) is 31.4 Å². The molecule has 1 fully saturated rings. The SMILES string of the molecule is CN1C[C@@H](CNC(=O)OCc2ccccc2)C[C@H]2c3cccc4c3c(cn4C)C[C@@H]21. The van der Waals surface area contributed by atoms with Gasteiger partial charge in [0.05, 0.1) is 0 Å². The van der Waals surface area contributed by atoms with Gasteiger partial charge in [-0.25, -0.2) is 4.79 Å². The van der Waals surface area contributed by atoms with Gasteiger partial charge in [-0.15, -0.1) is 0 Å². The molecule has 1 saturated heterocycles. The van der Waals surface area contributed by atoms with Gasteiger partial charge in [-0.3, -0.25) is 0 Å². The molecule has 156 valence electrons. The zero-order valence-corrected chi connectivity index (χ0v) is 17.7. The van der Waals surface area contributed by atoms with Gasteiger partial charge in [0.15, 0.2) is 0 Å². The highest BCUT2D eigenvalue weighted by molar-refractivity contribution is 5.89. The van der Waals surface area contributed by atoms with Crippen LogP contribution in [0.5, 0.6) is 0 Å². The zero-order chi connectivity index (χ0) is 20.7. The number of alkyl carbamates (subject to hydrolysis) is 1. The number of amides is 1. The standard InChI is InChI=1S/C25H29N3O2/c1-27-14-18(13-26-25(29)30-16-17-7-4-3-5-8-17)11-21-20-9-6-10-22-24(20)19(12-23(21)27)15-28(22)2/h3-10,15,18,21,23H,11-14,16H2,1-2H3,(H,26,29)/t18-,21+,23+/m1/s1. The highest BCUT2D eigenvalue weighted by atomic mass is 16.5. The van der Waals surface area contributed by atoms with Crippen LogP contribution in [0.25, 0.3) is 10.9 Å². The van der Waals surface area contributed by atoms with Crippen LogP contribution in [0, 0.1) is 5.92 Å². The maximum Gasteiger partial charge on any atom is 0.407 e. The molecule has 2 aliphatic rings. The van der Waals surface area contributed by atoms with Crippen LogP contribution in [-0.4, -0.2) is 41.7 Å². The minimum Gasteiger partial charge on any atom is -0.445 e. The molecule has 0 spiro atoms. The normalized spacial score (nSPS) is 23.2. The lowest BCUT2D eigenvalue weighted by atomic mass is 9.72. The summed E-state index contributed by atoms with van der Waals surface area (Å²) >= 11 is 0. The maximum absolute atomic E-state index is 12.2. The lowest BCUT2D eigenvalue weighted by molar-refractivity contribution is 0.104. The highest BCUT2D eigenvalue weighted by Crippen LogP contribution is 2.44. The van der Waals surface area contributed by atoms with Gasteiger partial charge in [0.1, 0.15) is 6.61 Å². The molecular weight excluding hydrogens is 374 g/mol. The van der Waals surface area contributed by atoms with Gasteiger partial charge < -0.3 is 19.5 Å². The quantitative estimate of drug-likeness (QED) is 0.714. The largest absolute Gasteiger partial charge is 0.445 e. The van der Waals surface area contributed by atoms with Gasteiger partial charge in [0.25, 0.3) is 0 Å². The highest BCUT2D eigenvalue weighted by Gasteiger charge is 2.39. The summed E-state index contributed by atoms with van der Waals surface area (Å²) < 4.78 is 7.64. The fourth-order valence-electron chi connectivity index (χ4n) is 5.48. The number of likely N-dealkylation sites (tertiary alicyclic amines) is 1. The smallest absolute Gasteiger partial charge is 0.407 e. The predicted octanol–water partition coefficient (Wildman–Crippen LogP) is 4.06. The number of hydrogen-bond acceptors (Lipinski definition) is 3. The molecular formula is C25H29N3O2. The van der Waals surface area contributed by atoms with Crippen LogP contribution in [0.2, 0.25) is 0 Å². The molecule has 0 unspecified atom stereocenters. The number of benzene rings is 2. The van der Waals surface area contributed by atoms with E-state index in [0.717, 1.165) is 24.9 Å². The van der Waals surface area contributed by atoms with Crippen molar-refractivity contribution < 1.29 is 9.53 Å². The Morgan fingerprint density at radius 2 is 1.97 bits per heavy atom. The molecule has 0 saturated carbocycles. The Hall–Kier alpha value is -2.79. The second kappa shape index (κ2) is 7.80. The van der Waals surface area contributed by atoms with Crippen LogP contribution in [-0.2, 0) is 24.8 Å². The average molecular weight is 404 g/mol. The van der Waals surface area contributed by atoms with Gasteiger partial charge in [0.2, 0.25) is 0 Å².